The first-order chi connectivity index (χ1) is 15.8. The lowest BCUT2D eigenvalue weighted by molar-refractivity contribution is -0.137. The Balaban J connectivity index is 1.44. The quantitative estimate of drug-likeness (QED) is 0.507. The fourth-order valence-corrected chi connectivity index (χ4v) is 4.01. The number of aryl methyl sites for hydroxylation is 1. The molecule has 1 aromatic heterocycles. The standard InChI is InChI=1S/C25H26F2N2O4/c1-15-12-18(32-14-17-4-3-5-20(26)24(17)27)7-8-19(15)25-28-21-13-29(11-10-22(21)33-25)16(2)6-9-23(30)31/h3-5,7-8,12,16H,6,9-11,13-14H2,1-2H3,(H,30,31). The molecule has 2 heterocycles. The van der Waals surface area contributed by atoms with Crippen molar-refractivity contribution in [2.45, 2.75) is 52.3 Å². The Morgan fingerprint density at radius 1 is 1.30 bits per heavy atom. The summed E-state index contributed by atoms with van der Waals surface area (Å²) in [4.78, 5) is 17.8. The molecule has 0 aliphatic carbocycles. The second-order valence-corrected chi connectivity index (χ2v) is 8.37. The van der Waals surface area contributed by atoms with Crippen molar-refractivity contribution in [3.63, 3.8) is 0 Å². The molecule has 6 nitrogen and oxygen atoms in total. The number of aromatic nitrogens is 1. The van der Waals surface area contributed by atoms with Crippen molar-refractivity contribution in [2.75, 3.05) is 6.54 Å². The van der Waals surface area contributed by atoms with E-state index in [0.717, 1.165) is 41.6 Å². The maximum Gasteiger partial charge on any atom is 0.303 e. The molecule has 1 aliphatic rings. The van der Waals surface area contributed by atoms with Gasteiger partial charge in [0.15, 0.2) is 11.6 Å². The molecule has 0 saturated heterocycles. The first-order valence-electron chi connectivity index (χ1n) is 10.9. The van der Waals surface area contributed by atoms with Gasteiger partial charge >= 0.3 is 5.97 Å². The first kappa shape index (κ1) is 22.9. The van der Waals surface area contributed by atoms with Crippen molar-refractivity contribution in [2.24, 2.45) is 0 Å². The number of aliphatic carboxylic acids is 1. The summed E-state index contributed by atoms with van der Waals surface area (Å²) in [6.07, 6.45) is 1.46. The highest BCUT2D eigenvalue weighted by atomic mass is 19.2. The minimum atomic E-state index is -0.900. The van der Waals surface area contributed by atoms with E-state index in [0.29, 0.717) is 24.6 Å². The Labute approximate surface area is 190 Å². The minimum absolute atomic E-state index is 0.0778. The summed E-state index contributed by atoms with van der Waals surface area (Å²) in [5, 5.41) is 8.92. The number of benzene rings is 2. The molecule has 2 aromatic carbocycles. The van der Waals surface area contributed by atoms with E-state index in [1.165, 1.54) is 12.1 Å². The minimum Gasteiger partial charge on any atom is -0.489 e. The molecule has 8 heteroatoms. The van der Waals surface area contributed by atoms with E-state index in [-0.39, 0.29) is 24.6 Å². The summed E-state index contributed by atoms with van der Waals surface area (Å²) >= 11 is 0. The lowest BCUT2D eigenvalue weighted by Crippen LogP contribution is -2.37. The van der Waals surface area contributed by atoms with Crippen LogP contribution in [0.4, 0.5) is 8.78 Å². The van der Waals surface area contributed by atoms with Crippen molar-refractivity contribution in [3.05, 3.63) is 70.6 Å². The molecular formula is C25H26F2N2O4. The number of hydrogen-bond donors (Lipinski definition) is 1. The van der Waals surface area contributed by atoms with E-state index in [1.807, 2.05) is 26.0 Å². The first-order valence-corrected chi connectivity index (χ1v) is 10.9. The van der Waals surface area contributed by atoms with Gasteiger partial charge in [-0.15, -0.1) is 0 Å². The Morgan fingerprint density at radius 2 is 2.12 bits per heavy atom. The summed E-state index contributed by atoms with van der Waals surface area (Å²) < 4.78 is 38.9. The van der Waals surface area contributed by atoms with E-state index < -0.39 is 17.6 Å². The number of fused-ring (bicyclic) bond motifs is 1. The lowest BCUT2D eigenvalue weighted by atomic mass is 10.1. The van der Waals surface area contributed by atoms with Crippen LogP contribution in [0.3, 0.4) is 0 Å². The predicted octanol–water partition coefficient (Wildman–Crippen LogP) is 5.12. The van der Waals surface area contributed by atoms with Gasteiger partial charge in [-0.3, -0.25) is 9.69 Å². The van der Waals surface area contributed by atoms with Gasteiger partial charge < -0.3 is 14.3 Å². The number of ether oxygens (including phenoxy) is 1. The third-order valence-corrected chi connectivity index (χ3v) is 6.01. The maximum absolute atomic E-state index is 13.8. The molecule has 4 rings (SSSR count). The van der Waals surface area contributed by atoms with Crippen LogP contribution in [0, 0.1) is 18.6 Å². The average molecular weight is 456 g/mol. The second kappa shape index (κ2) is 9.70. The third-order valence-electron chi connectivity index (χ3n) is 6.01. The highest BCUT2D eigenvalue weighted by molar-refractivity contribution is 5.66. The van der Waals surface area contributed by atoms with Gasteiger partial charge in [-0.2, -0.15) is 0 Å². The number of nitrogens with zero attached hydrogens (tertiary/aromatic N) is 2. The van der Waals surface area contributed by atoms with Gasteiger partial charge in [-0.1, -0.05) is 12.1 Å². The highest BCUT2D eigenvalue weighted by Gasteiger charge is 2.26. The highest BCUT2D eigenvalue weighted by Crippen LogP contribution is 2.31. The molecule has 0 spiro atoms. The summed E-state index contributed by atoms with van der Waals surface area (Å²) in [5.41, 5.74) is 2.75. The zero-order valence-corrected chi connectivity index (χ0v) is 18.6. The molecule has 33 heavy (non-hydrogen) atoms. The molecule has 1 unspecified atom stereocenters. The van der Waals surface area contributed by atoms with Crippen molar-refractivity contribution in [3.8, 4) is 17.2 Å². The van der Waals surface area contributed by atoms with E-state index in [4.69, 9.17) is 19.2 Å². The molecule has 1 atom stereocenters. The van der Waals surface area contributed by atoms with Crippen molar-refractivity contribution in [1.82, 2.24) is 9.88 Å². The Morgan fingerprint density at radius 3 is 2.88 bits per heavy atom. The van der Waals surface area contributed by atoms with Crippen LogP contribution in [0.15, 0.2) is 40.8 Å². The molecule has 3 aromatic rings. The van der Waals surface area contributed by atoms with Gasteiger partial charge in [-0.25, -0.2) is 13.8 Å². The van der Waals surface area contributed by atoms with Gasteiger partial charge in [0.2, 0.25) is 5.89 Å². The Kier molecular flexibility index (Phi) is 6.74. The zero-order valence-electron chi connectivity index (χ0n) is 18.6. The number of carboxylic acid groups (broad SMARTS) is 1. The maximum atomic E-state index is 13.8. The third kappa shape index (κ3) is 5.22. The second-order valence-electron chi connectivity index (χ2n) is 8.37. The van der Waals surface area contributed by atoms with Crippen LogP contribution in [0.1, 0.15) is 42.3 Å². The van der Waals surface area contributed by atoms with Crippen LogP contribution in [-0.4, -0.2) is 33.5 Å². The van der Waals surface area contributed by atoms with Crippen LogP contribution < -0.4 is 4.74 Å². The molecule has 1 N–H and O–H groups in total. The monoisotopic (exact) mass is 456 g/mol. The van der Waals surface area contributed by atoms with E-state index >= 15 is 0 Å². The number of hydrogen-bond acceptors (Lipinski definition) is 5. The van der Waals surface area contributed by atoms with Crippen LogP contribution >= 0.6 is 0 Å². The van der Waals surface area contributed by atoms with Crippen LogP contribution in [0.25, 0.3) is 11.5 Å². The van der Waals surface area contributed by atoms with Gasteiger partial charge in [-0.05, 0) is 50.1 Å². The Hall–Kier alpha value is -3.26. The van der Waals surface area contributed by atoms with Crippen molar-refractivity contribution < 1.29 is 27.8 Å². The SMILES string of the molecule is Cc1cc(OCc2cccc(F)c2F)ccc1-c1nc2c(o1)CCN(C(C)CCC(=O)O)C2. The largest absolute Gasteiger partial charge is 0.489 e. The molecule has 0 amide bonds. The van der Waals surface area contributed by atoms with Crippen LogP contribution in [0.2, 0.25) is 0 Å². The van der Waals surface area contributed by atoms with Gasteiger partial charge in [0.05, 0.1) is 5.69 Å². The molecule has 0 saturated carbocycles. The summed E-state index contributed by atoms with van der Waals surface area (Å²) in [7, 11) is 0. The van der Waals surface area contributed by atoms with Gasteiger partial charge in [0.25, 0.3) is 0 Å². The summed E-state index contributed by atoms with van der Waals surface area (Å²) in [5.74, 6) is -0.664. The number of halogens is 2. The van der Waals surface area contributed by atoms with Crippen LogP contribution in [0.5, 0.6) is 5.75 Å². The smallest absolute Gasteiger partial charge is 0.303 e. The summed E-state index contributed by atoms with van der Waals surface area (Å²) in [6, 6.07) is 9.57. The zero-order chi connectivity index (χ0) is 23.5. The van der Waals surface area contributed by atoms with Crippen molar-refractivity contribution in [1.29, 1.82) is 0 Å². The number of carboxylic acids is 1. The van der Waals surface area contributed by atoms with Crippen LogP contribution in [-0.2, 0) is 24.4 Å². The van der Waals surface area contributed by atoms with E-state index in [9.17, 15) is 13.6 Å². The summed E-state index contributed by atoms with van der Waals surface area (Å²) in [6.45, 7) is 5.29. The lowest BCUT2D eigenvalue weighted by Gasteiger charge is -2.30. The fraction of sp³-hybridized carbons (Fsp3) is 0.360. The molecule has 0 radical (unpaired) electrons. The topological polar surface area (TPSA) is 75.8 Å². The van der Waals surface area contributed by atoms with E-state index in [2.05, 4.69) is 4.90 Å². The molecule has 0 fully saturated rings. The van der Waals surface area contributed by atoms with Gasteiger partial charge in [0, 0.05) is 43.1 Å². The van der Waals surface area contributed by atoms with E-state index in [1.54, 1.807) is 6.07 Å². The molecular weight excluding hydrogens is 430 g/mol. The molecule has 0 bridgehead atoms. The van der Waals surface area contributed by atoms with Crippen molar-refractivity contribution >= 4 is 5.97 Å². The van der Waals surface area contributed by atoms with Gasteiger partial charge in [0.1, 0.15) is 18.1 Å². The number of carbonyl (C=O) groups is 1. The average Bonchev–Trinajstić information content (AvgIpc) is 3.21. The number of oxazole rings is 1. The molecule has 1 aliphatic heterocycles. The number of rotatable bonds is 8. The molecule has 174 valence electrons. The normalized spacial score (nSPS) is 14.7. The Bertz CT molecular complexity index is 1160. The fourth-order valence-electron chi connectivity index (χ4n) is 4.01. The predicted molar refractivity (Wildman–Crippen MR) is 118 cm³/mol.